The third-order valence-electron chi connectivity index (χ3n) is 4.43. The lowest BCUT2D eigenvalue weighted by Crippen LogP contribution is -2.47. The average molecular weight is 248 g/mol. The first-order chi connectivity index (χ1) is 8.43. The zero-order chi connectivity index (χ0) is 13.4. The number of aromatic nitrogens is 1. The molecule has 1 amide bonds. The van der Waals surface area contributed by atoms with E-state index in [0.29, 0.717) is 12.1 Å². The van der Waals surface area contributed by atoms with Crippen LogP contribution < -0.4 is 0 Å². The summed E-state index contributed by atoms with van der Waals surface area (Å²) in [7, 11) is 2.02. The average Bonchev–Trinajstić information content (AvgIpc) is 2.56. The summed E-state index contributed by atoms with van der Waals surface area (Å²) in [4.78, 5) is 14.8. The summed E-state index contributed by atoms with van der Waals surface area (Å²) < 4.78 is 2.09. The zero-order valence-electron chi connectivity index (χ0n) is 12.2. The number of hydrogen-bond acceptors (Lipinski definition) is 1. The molecule has 2 rings (SSSR count). The SMILES string of the molecule is Cc1cc(C(=O)N2C(C)CCCC2C)c(C)n1C. The molecule has 0 radical (unpaired) electrons. The van der Waals surface area contributed by atoms with Gasteiger partial charge < -0.3 is 9.47 Å². The van der Waals surface area contributed by atoms with Crippen LogP contribution in [0.1, 0.15) is 54.9 Å². The van der Waals surface area contributed by atoms with Gasteiger partial charge in [0.1, 0.15) is 0 Å². The first-order valence-corrected chi connectivity index (χ1v) is 6.89. The first-order valence-electron chi connectivity index (χ1n) is 6.89. The molecule has 1 aromatic heterocycles. The van der Waals surface area contributed by atoms with E-state index in [1.54, 1.807) is 0 Å². The van der Waals surface area contributed by atoms with Gasteiger partial charge in [0.2, 0.25) is 0 Å². The van der Waals surface area contributed by atoms with E-state index in [-0.39, 0.29) is 5.91 Å². The quantitative estimate of drug-likeness (QED) is 0.750. The van der Waals surface area contributed by atoms with E-state index in [0.717, 1.165) is 29.8 Å². The second-order valence-electron chi connectivity index (χ2n) is 5.69. The lowest BCUT2D eigenvalue weighted by molar-refractivity contribution is 0.0510. The van der Waals surface area contributed by atoms with Crippen molar-refractivity contribution in [3.8, 4) is 0 Å². The van der Waals surface area contributed by atoms with Crippen LogP contribution in [-0.2, 0) is 7.05 Å². The minimum Gasteiger partial charge on any atom is -0.351 e. The van der Waals surface area contributed by atoms with Crippen LogP contribution >= 0.6 is 0 Å². The molecule has 0 saturated carbocycles. The van der Waals surface area contributed by atoms with Crippen LogP contribution in [-0.4, -0.2) is 27.5 Å². The summed E-state index contributed by atoms with van der Waals surface area (Å²) in [5.74, 6) is 0.205. The number of aryl methyl sites for hydroxylation is 1. The molecule has 18 heavy (non-hydrogen) atoms. The lowest BCUT2D eigenvalue weighted by atomic mass is 9.96. The van der Waals surface area contributed by atoms with E-state index in [9.17, 15) is 4.79 Å². The third kappa shape index (κ3) is 2.06. The highest BCUT2D eigenvalue weighted by Crippen LogP contribution is 2.26. The van der Waals surface area contributed by atoms with Crippen LogP contribution in [0.5, 0.6) is 0 Å². The number of rotatable bonds is 1. The van der Waals surface area contributed by atoms with Gasteiger partial charge in [-0.15, -0.1) is 0 Å². The van der Waals surface area contributed by atoms with Gasteiger partial charge in [-0.3, -0.25) is 4.79 Å². The van der Waals surface area contributed by atoms with Crippen molar-refractivity contribution in [3.63, 3.8) is 0 Å². The highest BCUT2D eigenvalue weighted by Gasteiger charge is 2.31. The fourth-order valence-corrected chi connectivity index (χ4v) is 3.03. The van der Waals surface area contributed by atoms with Crippen LogP contribution in [0.4, 0.5) is 0 Å². The smallest absolute Gasteiger partial charge is 0.256 e. The number of likely N-dealkylation sites (tertiary alicyclic amines) is 1. The summed E-state index contributed by atoms with van der Waals surface area (Å²) >= 11 is 0. The molecule has 100 valence electrons. The molecular weight excluding hydrogens is 224 g/mol. The van der Waals surface area contributed by atoms with Gasteiger partial charge in [-0.05, 0) is 53.0 Å². The van der Waals surface area contributed by atoms with Gasteiger partial charge in [0.25, 0.3) is 5.91 Å². The van der Waals surface area contributed by atoms with Crippen molar-refractivity contribution >= 4 is 5.91 Å². The molecule has 1 saturated heterocycles. The van der Waals surface area contributed by atoms with Crippen molar-refractivity contribution in [2.45, 2.75) is 59.0 Å². The molecule has 2 unspecified atom stereocenters. The molecular formula is C15H24N2O. The summed E-state index contributed by atoms with van der Waals surface area (Å²) in [6, 6.07) is 2.74. The van der Waals surface area contributed by atoms with Crippen LogP contribution in [0.15, 0.2) is 6.07 Å². The second kappa shape index (κ2) is 4.79. The van der Waals surface area contributed by atoms with Crippen LogP contribution in [0.2, 0.25) is 0 Å². The Morgan fingerprint density at radius 2 is 1.78 bits per heavy atom. The van der Waals surface area contributed by atoms with Crippen LogP contribution in [0.25, 0.3) is 0 Å². The molecule has 1 fully saturated rings. The Labute approximate surface area is 110 Å². The van der Waals surface area contributed by atoms with Gasteiger partial charge in [0, 0.05) is 30.5 Å². The van der Waals surface area contributed by atoms with Gasteiger partial charge in [-0.2, -0.15) is 0 Å². The number of amides is 1. The molecule has 3 heteroatoms. The van der Waals surface area contributed by atoms with Gasteiger partial charge in [-0.1, -0.05) is 0 Å². The van der Waals surface area contributed by atoms with Crippen molar-refractivity contribution in [3.05, 3.63) is 23.0 Å². The Hall–Kier alpha value is -1.25. The molecule has 0 aliphatic carbocycles. The Kier molecular flexibility index (Phi) is 3.51. The highest BCUT2D eigenvalue weighted by atomic mass is 16.2. The van der Waals surface area contributed by atoms with Gasteiger partial charge in [0.05, 0.1) is 5.56 Å². The van der Waals surface area contributed by atoms with Gasteiger partial charge in [-0.25, -0.2) is 0 Å². The van der Waals surface area contributed by atoms with E-state index in [1.165, 1.54) is 6.42 Å². The number of piperidine rings is 1. The molecule has 0 spiro atoms. The van der Waals surface area contributed by atoms with Crippen molar-refractivity contribution in [2.24, 2.45) is 7.05 Å². The van der Waals surface area contributed by atoms with E-state index >= 15 is 0 Å². The number of nitrogens with zero attached hydrogens (tertiary/aromatic N) is 2. The minimum atomic E-state index is 0.205. The van der Waals surface area contributed by atoms with E-state index in [4.69, 9.17) is 0 Å². The van der Waals surface area contributed by atoms with Crippen LogP contribution in [0, 0.1) is 13.8 Å². The predicted molar refractivity (Wildman–Crippen MR) is 73.8 cm³/mol. The summed E-state index contributed by atoms with van der Waals surface area (Å²) in [5.41, 5.74) is 3.09. The van der Waals surface area contributed by atoms with Crippen LogP contribution in [0.3, 0.4) is 0 Å². The number of carbonyl (C=O) groups excluding carboxylic acids is 1. The maximum Gasteiger partial charge on any atom is 0.256 e. The number of carbonyl (C=O) groups is 1. The Bertz CT molecular complexity index is 451. The molecule has 0 bridgehead atoms. The molecule has 1 aromatic rings. The molecule has 0 N–H and O–H groups in total. The van der Waals surface area contributed by atoms with E-state index in [1.807, 2.05) is 27.0 Å². The van der Waals surface area contributed by atoms with Crippen molar-refractivity contribution in [1.29, 1.82) is 0 Å². The predicted octanol–water partition coefficient (Wildman–Crippen LogP) is 3.05. The Morgan fingerprint density at radius 1 is 1.22 bits per heavy atom. The third-order valence-corrected chi connectivity index (χ3v) is 4.43. The monoisotopic (exact) mass is 248 g/mol. The largest absolute Gasteiger partial charge is 0.351 e. The Morgan fingerprint density at radius 3 is 2.22 bits per heavy atom. The van der Waals surface area contributed by atoms with Crippen molar-refractivity contribution < 1.29 is 4.79 Å². The molecule has 3 nitrogen and oxygen atoms in total. The topological polar surface area (TPSA) is 25.2 Å². The summed E-state index contributed by atoms with van der Waals surface area (Å²) in [6.07, 6.45) is 3.49. The fourth-order valence-electron chi connectivity index (χ4n) is 3.03. The molecule has 2 atom stereocenters. The summed E-state index contributed by atoms with van der Waals surface area (Å²) in [6.45, 7) is 8.41. The lowest BCUT2D eigenvalue weighted by Gasteiger charge is -2.39. The molecule has 1 aliphatic rings. The molecule has 1 aliphatic heterocycles. The first kappa shape index (κ1) is 13.2. The maximum absolute atomic E-state index is 12.7. The molecule has 2 heterocycles. The minimum absolute atomic E-state index is 0.205. The van der Waals surface area contributed by atoms with E-state index in [2.05, 4.69) is 23.3 Å². The van der Waals surface area contributed by atoms with Crippen molar-refractivity contribution in [2.75, 3.05) is 0 Å². The van der Waals surface area contributed by atoms with Crippen molar-refractivity contribution in [1.82, 2.24) is 9.47 Å². The second-order valence-corrected chi connectivity index (χ2v) is 5.69. The normalized spacial score (nSPS) is 24.4. The highest BCUT2D eigenvalue weighted by molar-refractivity contribution is 5.96. The zero-order valence-corrected chi connectivity index (χ0v) is 12.2. The fraction of sp³-hybridized carbons (Fsp3) is 0.667. The number of hydrogen-bond donors (Lipinski definition) is 0. The van der Waals surface area contributed by atoms with Gasteiger partial charge >= 0.3 is 0 Å². The van der Waals surface area contributed by atoms with Gasteiger partial charge in [0.15, 0.2) is 0 Å². The standard InChI is InChI=1S/C15H24N2O/c1-10-7-6-8-11(2)17(10)15(18)14-9-12(3)16(5)13(14)4/h9-11H,6-8H2,1-5H3. The summed E-state index contributed by atoms with van der Waals surface area (Å²) in [5, 5.41) is 0. The molecule has 0 aromatic carbocycles. The maximum atomic E-state index is 12.7. The van der Waals surface area contributed by atoms with E-state index < -0.39 is 0 Å². The Balaban J connectivity index is 2.32.